The molecule has 27 heavy (non-hydrogen) atoms. The van der Waals surface area contributed by atoms with Crippen LogP contribution >= 0.6 is 0 Å². The summed E-state index contributed by atoms with van der Waals surface area (Å²) in [6, 6.07) is 0. The van der Waals surface area contributed by atoms with Gasteiger partial charge in [-0.2, -0.15) is 0 Å². The Morgan fingerprint density at radius 1 is 0.704 bits per heavy atom. The fourth-order valence-electron chi connectivity index (χ4n) is 13.3. The molecule has 12 fully saturated rings. The number of rotatable bonds is 0. The van der Waals surface area contributed by atoms with Gasteiger partial charge >= 0.3 is 11.9 Å². The van der Waals surface area contributed by atoms with Crippen molar-refractivity contribution in [2.75, 3.05) is 13.2 Å². The topological polar surface area (TPSA) is 52.6 Å². The Morgan fingerprint density at radius 3 is 1.70 bits per heavy atom. The zero-order valence-electron chi connectivity index (χ0n) is 15.0. The number of cyclic esters (lactones) is 2. The van der Waals surface area contributed by atoms with Crippen molar-refractivity contribution in [2.24, 2.45) is 93.7 Å². The second-order valence-corrected chi connectivity index (χ2v) is 11.8. The van der Waals surface area contributed by atoms with Crippen LogP contribution in [-0.2, 0) is 19.1 Å². The van der Waals surface area contributed by atoms with Crippen LogP contribution in [0.15, 0.2) is 12.2 Å². The van der Waals surface area contributed by atoms with Crippen LogP contribution in [0.1, 0.15) is 6.42 Å². The normalized spacial score (nSPS) is 78.4. The van der Waals surface area contributed by atoms with Crippen LogP contribution in [0.25, 0.3) is 0 Å². The molecule has 138 valence electrons. The molecule has 0 spiro atoms. The number of hydrogen-bond acceptors (Lipinski definition) is 4. The minimum absolute atomic E-state index is 0.109. The lowest BCUT2D eigenvalue weighted by Crippen LogP contribution is -2.71. The maximum atomic E-state index is 13.5. The average Bonchev–Trinajstić information content (AvgIpc) is 3.42. The number of hydrogen-bond donors (Lipinski definition) is 0. The zero-order valence-corrected chi connectivity index (χ0v) is 15.0. The maximum absolute atomic E-state index is 13.5. The van der Waals surface area contributed by atoms with Crippen LogP contribution in [0.2, 0.25) is 0 Å². The van der Waals surface area contributed by atoms with Gasteiger partial charge in [-0.1, -0.05) is 12.2 Å². The molecule has 10 saturated carbocycles. The van der Waals surface area contributed by atoms with E-state index >= 15 is 0 Å². The first-order chi connectivity index (χ1) is 13.2. The van der Waals surface area contributed by atoms with Crippen molar-refractivity contribution in [3.63, 3.8) is 0 Å². The average molecular weight is 362 g/mol. The third-order valence-electron chi connectivity index (χ3n) is 12.7. The first kappa shape index (κ1) is 13.1. The van der Waals surface area contributed by atoms with Gasteiger partial charge in [0.05, 0.1) is 24.0 Å². The summed E-state index contributed by atoms with van der Waals surface area (Å²) in [5, 5.41) is 0. The van der Waals surface area contributed by atoms with Crippen molar-refractivity contribution in [1.29, 1.82) is 0 Å². The van der Waals surface area contributed by atoms with E-state index in [-0.39, 0.29) is 23.8 Å². The van der Waals surface area contributed by atoms with E-state index in [1.54, 1.807) is 0 Å². The molecule has 0 N–H and O–H groups in total. The van der Waals surface area contributed by atoms with Gasteiger partial charge in [-0.05, 0) is 89.3 Å². The molecule has 13 rings (SSSR count). The van der Waals surface area contributed by atoms with Crippen molar-refractivity contribution in [3.05, 3.63) is 12.2 Å². The summed E-state index contributed by atoms with van der Waals surface area (Å²) in [5.41, 5.74) is -0.953. The van der Waals surface area contributed by atoms with Crippen LogP contribution in [0.5, 0.6) is 0 Å². The van der Waals surface area contributed by atoms with Gasteiger partial charge in [0, 0.05) is 0 Å². The predicted molar refractivity (Wildman–Crippen MR) is 89.4 cm³/mol. The molecule has 13 aliphatic rings. The van der Waals surface area contributed by atoms with Gasteiger partial charge in [0.2, 0.25) is 0 Å². The third kappa shape index (κ3) is 0.805. The van der Waals surface area contributed by atoms with Gasteiger partial charge < -0.3 is 9.47 Å². The lowest BCUT2D eigenvalue weighted by Gasteiger charge is -2.67. The quantitative estimate of drug-likeness (QED) is 0.374. The molecule has 0 unspecified atom stereocenters. The van der Waals surface area contributed by atoms with Crippen molar-refractivity contribution < 1.29 is 19.1 Å². The molecule has 0 radical (unpaired) electrons. The number of carbonyl (C=O) groups excluding carboxylic acids is 2. The Balaban J connectivity index is 1.34. The molecule has 4 nitrogen and oxygen atoms in total. The predicted octanol–water partition coefficient (Wildman–Crippen LogP) is 1.75. The van der Waals surface area contributed by atoms with Gasteiger partial charge in [-0.15, -0.1) is 0 Å². The van der Waals surface area contributed by atoms with E-state index in [1.165, 1.54) is 0 Å². The molecule has 2 heterocycles. The smallest absolute Gasteiger partial charge is 0.321 e. The molecule has 4 heteroatoms. The van der Waals surface area contributed by atoms with E-state index in [4.69, 9.17) is 9.47 Å². The zero-order chi connectivity index (χ0) is 17.2. The molecule has 2 saturated heterocycles. The molecule has 0 aromatic carbocycles. The van der Waals surface area contributed by atoms with Crippen molar-refractivity contribution in [1.82, 2.24) is 0 Å². The summed E-state index contributed by atoms with van der Waals surface area (Å²) in [4.78, 5) is 27.0. The lowest BCUT2D eigenvalue weighted by atomic mass is 9.32. The number of carbonyl (C=O) groups is 2. The SMILES string of the molecule is O=C1OC(=O)[C@]23[C@H]4[C@@H]5[C@@H]6[C@H]7[C@H]8COC[C@H]8[C@H]8[C@@H]6[C@@H]5[C@H]([C@H]8[C@H]74)[C@]12[C@@H]1C=C[C@H]3C1. The highest BCUT2D eigenvalue weighted by atomic mass is 16.6. The molecule has 0 aromatic heterocycles. The molecule has 0 aromatic rings. The fraction of sp³-hybridized carbons (Fsp3) is 0.826. The third-order valence-corrected chi connectivity index (χ3v) is 12.7. The Hall–Kier alpha value is -1.16. The molecule has 11 aliphatic carbocycles. The Morgan fingerprint density at radius 2 is 1.19 bits per heavy atom. The highest BCUT2D eigenvalue weighted by molar-refractivity contribution is 6.05. The Labute approximate surface area is 157 Å². The van der Waals surface area contributed by atoms with Gasteiger partial charge in [-0.25, -0.2) is 0 Å². The van der Waals surface area contributed by atoms with E-state index in [0.717, 1.165) is 67.0 Å². The number of esters is 2. The molecule has 12 bridgehead atoms. The number of ether oxygens (including phenoxy) is 2. The summed E-state index contributed by atoms with van der Waals surface area (Å²) in [6.07, 6.45) is 5.64. The van der Waals surface area contributed by atoms with Gasteiger partial charge in [0.15, 0.2) is 0 Å². The molecule has 16 atom stereocenters. The van der Waals surface area contributed by atoms with Crippen LogP contribution in [0, 0.1) is 93.7 Å². The summed E-state index contributed by atoms with van der Waals surface area (Å²) in [7, 11) is 0. The van der Waals surface area contributed by atoms with E-state index in [1.807, 2.05) is 0 Å². The van der Waals surface area contributed by atoms with E-state index in [0.29, 0.717) is 23.7 Å². The molecule has 0 amide bonds. The summed E-state index contributed by atoms with van der Waals surface area (Å²) < 4.78 is 11.7. The highest BCUT2D eigenvalue weighted by Crippen LogP contribution is 2.96. The minimum atomic E-state index is -0.477. The van der Waals surface area contributed by atoms with E-state index in [9.17, 15) is 9.59 Å². The van der Waals surface area contributed by atoms with Crippen LogP contribution in [-0.4, -0.2) is 25.2 Å². The fourth-order valence-corrected chi connectivity index (χ4v) is 13.3. The van der Waals surface area contributed by atoms with E-state index in [2.05, 4.69) is 12.2 Å². The Bertz CT molecular complexity index is 882. The maximum Gasteiger partial charge on any atom is 0.321 e. The second kappa shape index (κ2) is 3.26. The lowest BCUT2D eigenvalue weighted by molar-refractivity contribution is -0.226. The van der Waals surface area contributed by atoms with Crippen LogP contribution in [0.3, 0.4) is 0 Å². The molecular weight excluding hydrogens is 340 g/mol. The second-order valence-electron chi connectivity index (χ2n) is 11.8. The van der Waals surface area contributed by atoms with E-state index < -0.39 is 10.8 Å². The van der Waals surface area contributed by atoms with Crippen LogP contribution < -0.4 is 0 Å². The standard InChI is InChI=1S/C23H22O4/c24-20-22-6-1-2-7(3-6)23(22,21(25)27-20)19-15-11-9-5-26-4-8(9)10-12-13(11)17(19)16(12)18(22)14(10)15/h1-2,6-19H,3-5H2/t6-,7+,8-,9+,10+,11-,12+,13-,14-,15+,16+,17-,18+,19-,22-,23+. The number of fused-ring (bicyclic) bond motifs is 2. The molecule has 2 aliphatic heterocycles. The first-order valence-electron chi connectivity index (χ1n) is 11.3. The first-order valence-corrected chi connectivity index (χ1v) is 11.3. The molecular formula is C23H22O4. The Kier molecular flexibility index (Phi) is 1.58. The van der Waals surface area contributed by atoms with Gasteiger partial charge in [0.1, 0.15) is 0 Å². The van der Waals surface area contributed by atoms with Gasteiger partial charge in [0.25, 0.3) is 0 Å². The van der Waals surface area contributed by atoms with Crippen molar-refractivity contribution in [2.45, 2.75) is 6.42 Å². The summed E-state index contributed by atoms with van der Waals surface area (Å²) in [5.74, 6) is 8.76. The van der Waals surface area contributed by atoms with Crippen LogP contribution in [0.4, 0.5) is 0 Å². The highest BCUT2D eigenvalue weighted by Gasteiger charge is 2.99. The monoisotopic (exact) mass is 362 g/mol. The number of allylic oxidation sites excluding steroid dienone is 2. The summed E-state index contributed by atoms with van der Waals surface area (Å²) in [6.45, 7) is 1.92. The summed E-state index contributed by atoms with van der Waals surface area (Å²) >= 11 is 0. The minimum Gasteiger partial charge on any atom is -0.392 e. The largest absolute Gasteiger partial charge is 0.392 e. The van der Waals surface area contributed by atoms with Crippen molar-refractivity contribution >= 4 is 11.9 Å². The van der Waals surface area contributed by atoms with Crippen molar-refractivity contribution in [3.8, 4) is 0 Å². The van der Waals surface area contributed by atoms with Gasteiger partial charge in [-0.3, -0.25) is 9.59 Å².